The minimum atomic E-state index is -0.763. The number of aromatic amines is 6. The van der Waals surface area contributed by atoms with Crippen molar-refractivity contribution in [3.8, 4) is 28.7 Å². The highest BCUT2D eigenvalue weighted by atomic mass is 19.1. The predicted molar refractivity (Wildman–Crippen MR) is 547 cm³/mol. The maximum Gasteiger partial charge on any atom is 0.270 e. The lowest BCUT2D eigenvalue weighted by atomic mass is 9.89. The number of benzene rings is 6. The molecule has 34 heteroatoms. The Morgan fingerprint density at radius 2 is 0.708 bits per heavy atom. The molecule has 1 atom stereocenters. The van der Waals surface area contributed by atoms with Crippen LogP contribution in [0.5, 0.6) is 28.7 Å². The number of carbonyl (C=O) groups excluding carboxylic acids is 1. The number of H-pyrrole nitrogens is 6. The van der Waals surface area contributed by atoms with Crippen molar-refractivity contribution in [2.45, 2.75) is 155 Å². The molecule has 762 valence electrons. The van der Waals surface area contributed by atoms with Crippen LogP contribution in [0.1, 0.15) is 164 Å². The number of aliphatic hydroxyl groups excluding tert-OH is 1. The van der Waals surface area contributed by atoms with Crippen LogP contribution in [0, 0.1) is 54.1 Å². The fourth-order valence-electron chi connectivity index (χ4n) is 19.0. The standard InChI is InChI=1S/C20H23N3O2.C19H23N3O3.C18H22FN3O2.C18H23N3O3.C18H23N3O2.C17H20FN3O2/c24-20-18(21-9-10-22-20)14-23-11-6-15(7-12-23)4-5-16-2-1-3-17-8-13-25-19(16)17;1-25-18-5-3-2-4-15(18)17(23)12-14-6-10-22(11-7-14)13-16-19(24)21-9-8-20-16;19-15-4-2-1-3-14(15)17(23)11-13-5-9-22(10-6-13)12-16-18(24)21-8-7-20-16;1-23-16-4-2-3-5-17(16)24-13-14-6-10-21(11-7-14)12-15-18(22)20-9-8-19-15;1-14-4-2-3-5-17(14)23-13-15-6-10-21(11-7-15)12-16-18(22)20-9-8-19-16;18-14-3-1-2-4-16(14)23-12-13-5-9-21(10-6-13)11-15-17(22)20-8-7-19-15/h1-3,8-10,13,15H,4-7,11-12,14H2,(H,22,24);2-5,8-9,14H,6-7,10-13H2,1H3,(H,21,24);1-4,7-8,13,17,23H,5-6,9-12H2,(H,21,24);2-5,8-9,14H,6-7,10-13H2,1H3,(H,20,22);2-5,8-9,15H,6-7,10-13H2,1H3,(H,20,22);1-4,7-8,13H,5-6,9-12H2,(H,20,22). The maximum absolute atomic E-state index is 13.7. The highest BCUT2D eigenvalue weighted by Gasteiger charge is 2.30. The SMILES string of the molecule is COc1ccccc1C(=O)CC1CCN(Cc2ncc[nH]c2=O)CC1.COc1ccccc1OCC1CCN(Cc2ncc[nH]c2=O)CC1.Cc1ccccc1OCC1CCN(Cc2ncc[nH]c2=O)CC1.O=c1[nH]ccnc1CN1CCC(CC(O)c2ccccc2F)CC1.O=c1[nH]ccnc1CN1CCC(CCc2cccc3ccoc23)CC1.O=c1[nH]ccnc1CN1CCC(COc2ccccc2F)CC1. The van der Waals surface area contributed by atoms with E-state index in [2.05, 4.69) is 120 Å². The zero-order valence-corrected chi connectivity index (χ0v) is 82.4. The summed E-state index contributed by atoms with van der Waals surface area (Å²) in [6.45, 7) is 18.8. The number of halogens is 2. The Bertz CT molecular complexity index is 6370. The summed E-state index contributed by atoms with van der Waals surface area (Å²) in [5.41, 5.74) is 7.33. The average molecular weight is 1970 g/mol. The quantitative estimate of drug-likeness (QED) is 0.0193. The van der Waals surface area contributed by atoms with Crippen molar-refractivity contribution in [1.82, 2.24) is 89.2 Å². The summed E-state index contributed by atoms with van der Waals surface area (Å²) in [6.07, 6.45) is 35.8. The molecule has 6 aromatic carbocycles. The van der Waals surface area contributed by atoms with Crippen molar-refractivity contribution in [3.63, 3.8) is 0 Å². The number of hydrogen-bond acceptors (Lipinski definition) is 26. The summed E-state index contributed by atoms with van der Waals surface area (Å²) in [5, 5.41) is 11.5. The Hall–Kier alpha value is -13.6. The number of ether oxygens (including phenoxy) is 5. The molecule has 6 saturated heterocycles. The van der Waals surface area contributed by atoms with E-state index in [9.17, 15) is 47.4 Å². The van der Waals surface area contributed by atoms with E-state index in [0.29, 0.717) is 152 Å². The molecule has 144 heavy (non-hydrogen) atoms. The van der Waals surface area contributed by atoms with Crippen LogP contribution in [0.25, 0.3) is 11.0 Å². The van der Waals surface area contributed by atoms with Crippen LogP contribution >= 0.6 is 0 Å². The van der Waals surface area contributed by atoms with Crippen LogP contribution in [0.3, 0.4) is 0 Å². The Morgan fingerprint density at radius 3 is 1.10 bits per heavy atom. The summed E-state index contributed by atoms with van der Waals surface area (Å²) in [4.78, 5) is 137. The zero-order valence-electron chi connectivity index (χ0n) is 82.4. The van der Waals surface area contributed by atoms with Gasteiger partial charge in [-0.1, -0.05) is 91.0 Å². The van der Waals surface area contributed by atoms with Gasteiger partial charge in [-0.05, 0) is 283 Å². The Kier molecular flexibility index (Phi) is 41.2. The predicted octanol–water partition coefficient (Wildman–Crippen LogP) is 14.5. The first kappa shape index (κ1) is 106. The fraction of sp³-hybridized carbons (Fsp3) is 0.427. The van der Waals surface area contributed by atoms with Crippen molar-refractivity contribution in [2.75, 3.05) is 113 Å². The topological polar surface area (TPSA) is 391 Å². The van der Waals surface area contributed by atoms with Gasteiger partial charge in [-0.25, -0.2) is 8.78 Å². The second-order valence-corrected chi connectivity index (χ2v) is 37.7. The van der Waals surface area contributed by atoms with Gasteiger partial charge in [0.05, 0.1) is 52.0 Å². The minimum absolute atomic E-state index is 0.0730. The van der Waals surface area contributed by atoms with Gasteiger partial charge in [0.1, 0.15) is 57.1 Å². The largest absolute Gasteiger partial charge is 0.496 e. The van der Waals surface area contributed by atoms with E-state index in [4.69, 9.17) is 28.1 Å². The van der Waals surface area contributed by atoms with Crippen LogP contribution in [-0.2, 0) is 45.7 Å². The Morgan fingerprint density at radius 1 is 0.375 bits per heavy atom. The number of aliphatic hydroxyl groups is 1. The number of hydrogen-bond donors (Lipinski definition) is 7. The van der Waals surface area contributed by atoms with Crippen molar-refractivity contribution in [3.05, 3.63) is 356 Å². The summed E-state index contributed by atoms with van der Waals surface area (Å²) in [5.74, 6) is 5.94. The van der Waals surface area contributed by atoms with Crippen molar-refractivity contribution in [2.24, 2.45) is 35.5 Å². The highest BCUT2D eigenvalue weighted by molar-refractivity contribution is 5.98. The number of rotatable bonds is 32. The van der Waals surface area contributed by atoms with Gasteiger partial charge < -0.3 is 63.1 Å². The molecule has 0 saturated carbocycles. The van der Waals surface area contributed by atoms with Crippen LogP contribution in [-0.4, -0.2) is 213 Å². The average Bonchev–Trinajstić information content (AvgIpc) is 1.71. The number of piperidine rings is 6. The molecule has 1 unspecified atom stereocenters. The molecule has 0 spiro atoms. The number of nitrogens with one attached hydrogen (secondary N) is 6. The van der Waals surface area contributed by atoms with E-state index >= 15 is 0 Å². The minimum Gasteiger partial charge on any atom is -0.496 e. The summed E-state index contributed by atoms with van der Waals surface area (Å²) in [6, 6.07) is 44.5. The summed E-state index contributed by atoms with van der Waals surface area (Å²) < 4.78 is 60.9. The fourth-order valence-corrected chi connectivity index (χ4v) is 19.0. The molecular formula is C110H134F2N18O14. The number of carbonyl (C=O) groups is 1. The third-order valence-corrected chi connectivity index (χ3v) is 27.7. The van der Waals surface area contributed by atoms with E-state index in [0.717, 1.165) is 185 Å². The molecule has 6 fully saturated rings. The lowest BCUT2D eigenvalue weighted by Crippen LogP contribution is -2.36. The number of likely N-dealkylation sites (tertiary alicyclic amines) is 6. The Balaban J connectivity index is 0.000000137. The van der Waals surface area contributed by atoms with E-state index in [1.807, 2.05) is 72.8 Å². The van der Waals surface area contributed by atoms with Crippen molar-refractivity contribution < 1.29 is 46.8 Å². The van der Waals surface area contributed by atoms with Crippen molar-refractivity contribution >= 4 is 16.8 Å². The molecule has 7 aromatic heterocycles. The lowest BCUT2D eigenvalue weighted by Gasteiger charge is -2.32. The number of nitrogens with zero attached hydrogens (tertiary/aromatic N) is 12. The van der Waals surface area contributed by atoms with E-state index in [1.165, 1.54) is 60.3 Å². The van der Waals surface area contributed by atoms with Gasteiger partial charge >= 0.3 is 0 Å². The van der Waals surface area contributed by atoms with Gasteiger partial charge in [0.2, 0.25) is 0 Å². The number of ketones is 1. The van der Waals surface area contributed by atoms with Crippen LogP contribution < -0.4 is 57.0 Å². The van der Waals surface area contributed by atoms with Gasteiger partial charge in [-0.15, -0.1) is 0 Å². The third-order valence-electron chi connectivity index (χ3n) is 27.7. The van der Waals surface area contributed by atoms with E-state index < -0.39 is 6.10 Å². The van der Waals surface area contributed by atoms with Crippen LogP contribution in [0.4, 0.5) is 8.78 Å². The van der Waals surface area contributed by atoms with Crippen molar-refractivity contribution in [1.29, 1.82) is 0 Å². The van der Waals surface area contributed by atoms with Gasteiger partial charge in [-0.2, -0.15) is 0 Å². The number of furan rings is 1. The number of para-hydroxylation sites is 6. The second kappa shape index (κ2) is 55.9. The molecule has 32 nitrogen and oxygen atoms in total. The molecule has 13 aromatic rings. The molecule has 0 amide bonds. The number of methoxy groups -OCH3 is 2. The van der Waals surface area contributed by atoms with Crippen LogP contribution in [0.2, 0.25) is 0 Å². The maximum atomic E-state index is 13.7. The summed E-state index contributed by atoms with van der Waals surface area (Å²) in [7, 11) is 3.24. The molecule has 6 aliphatic rings. The summed E-state index contributed by atoms with van der Waals surface area (Å²) >= 11 is 0. The first-order chi connectivity index (χ1) is 70.3. The molecule has 0 bridgehead atoms. The first-order valence-corrected chi connectivity index (χ1v) is 50.1. The van der Waals surface area contributed by atoms with E-state index in [1.54, 1.807) is 119 Å². The molecule has 19 rings (SSSR count). The second-order valence-electron chi connectivity index (χ2n) is 37.7. The van der Waals surface area contributed by atoms with E-state index in [-0.39, 0.29) is 50.8 Å². The van der Waals surface area contributed by atoms with Crippen LogP contribution in [0.15, 0.2) is 259 Å². The highest BCUT2D eigenvalue weighted by Crippen LogP contribution is 2.34. The molecular weight excluding hydrogens is 1840 g/mol. The smallest absolute Gasteiger partial charge is 0.270 e. The molecule has 6 aliphatic heterocycles. The molecule has 0 aliphatic carbocycles. The van der Waals surface area contributed by atoms with Gasteiger partial charge in [0, 0.05) is 131 Å². The lowest BCUT2D eigenvalue weighted by molar-refractivity contribution is 0.0921. The molecule has 7 N–H and O–H groups in total. The third kappa shape index (κ3) is 33.0. The number of Topliss-reactive ketones (excluding diaryl/α,β-unsaturated/α-hetero) is 1. The number of aromatic nitrogens is 12. The van der Waals surface area contributed by atoms with Gasteiger partial charge in [0.25, 0.3) is 33.4 Å². The monoisotopic (exact) mass is 1970 g/mol. The first-order valence-electron chi connectivity index (χ1n) is 50.1. The molecule has 13 heterocycles. The zero-order chi connectivity index (χ0) is 101. The van der Waals surface area contributed by atoms with Gasteiger partial charge in [0.15, 0.2) is 28.8 Å². The van der Waals surface area contributed by atoms with Gasteiger partial charge in [-0.3, -0.25) is 92.9 Å². The number of fused-ring (bicyclic) bond motifs is 1. The number of aryl methyl sites for hydroxylation is 2. The molecule has 0 radical (unpaired) electrons. The Labute approximate surface area is 836 Å². The normalized spacial score (nSPS) is 16.5.